The number of carboxylic acid groups (broad SMARTS) is 1. The summed E-state index contributed by atoms with van der Waals surface area (Å²) < 4.78 is 0. The van der Waals surface area contributed by atoms with Gasteiger partial charge in [0, 0.05) is 6.04 Å². The van der Waals surface area contributed by atoms with Gasteiger partial charge < -0.3 is 10.8 Å². The molecule has 1 unspecified atom stereocenters. The Hall–Kier alpha value is -2.05. The third kappa shape index (κ3) is 2.74. The molecule has 0 saturated carbocycles. The number of hydrogen-bond donors (Lipinski definition) is 3. The molecule has 0 spiro atoms. The van der Waals surface area contributed by atoms with Crippen LogP contribution in [0.3, 0.4) is 0 Å². The van der Waals surface area contributed by atoms with Crippen molar-refractivity contribution in [1.29, 1.82) is 0 Å². The molecule has 0 radical (unpaired) electrons. The van der Waals surface area contributed by atoms with Crippen molar-refractivity contribution in [3.8, 4) is 0 Å². The average Bonchev–Trinajstić information content (AvgIpc) is 2.48. The Morgan fingerprint density at radius 1 is 1.53 bits per heavy atom. The van der Waals surface area contributed by atoms with Crippen molar-refractivity contribution >= 4 is 17.7 Å². The molecule has 0 aliphatic carbocycles. The zero-order valence-electron chi connectivity index (χ0n) is 10.0. The number of hydrogen-bond acceptors (Lipinski definition) is 3. The smallest absolute Gasteiger partial charge is 0.319 e. The van der Waals surface area contributed by atoms with Crippen molar-refractivity contribution in [2.45, 2.75) is 33.2 Å². The topological polar surface area (TPSA) is 112 Å². The maximum absolute atomic E-state index is 11.4. The molecule has 1 aromatic heterocycles. The van der Waals surface area contributed by atoms with E-state index in [1.165, 1.54) is 4.90 Å². The van der Waals surface area contributed by atoms with Crippen LogP contribution in [0.4, 0.5) is 10.5 Å². The molecule has 0 aliphatic rings. The minimum absolute atomic E-state index is 0.174. The lowest BCUT2D eigenvalue weighted by Gasteiger charge is -2.26. The standard InChI is InChI=1S/C10H16N4O3/c1-5(4-8(15)16)14(10(11)17)9-6(2)12-13-7(9)3/h5H,4H2,1-3H3,(H2,11,17)(H,12,13)(H,15,16). The number of carbonyl (C=O) groups excluding carboxylic acids is 1. The molecule has 0 bridgehead atoms. The lowest BCUT2D eigenvalue weighted by Crippen LogP contribution is -2.44. The van der Waals surface area contributed by atoms with Gasteiger partial charge in [0.15, 0.2) is 0 Å². The first kappa shape index (κ1) is 13.0. The van der Waals surface area contributed by atoms with Crippen LogP contribution >= 0.6 is 0 Å². The third-order valence-corrected chi connectivity index (χ3v) is 2.48. The fraction of sp³-hybridized carbons (Fsp3) is 0.500. The molecule has 1 heterocycles. The summed E-state index contributed by atoms with van der Waals surface area (Å²) in [6.45, 7) is 5.10. The molecule has 2 amide bonds. The molecule has 1 atom stereocenters. The highest BCUT2D eigenvalue weighted by Gasteiger charge is 2.26. The van der Waals surface area contributed by atoms with E-state index < -0.39 is 18.0 Å². The summed E-state index contributed by atoms with van der Waals surface area (Å²) in [7, 11) is 0. The van der Waals surface area contributed by atoms with E-state index in [1.54, 1.807) is 20.8 Å². The van der Waals surface area contributed by atoms with Gasteiger partial charge in [-0.1, -0.05) is 0 Å². The van der Waals surface area contributed by atoms with E-state index in [2.05, 4.69) is 10.2 Å². The Balaban J connectivity index is 3.10. The monoisotopic (exact) mass is 240 g/mol. The van der Waals surface area contributed by atoms with Crippen molar-refractivity contribution in [2.24, 2.45) is 5.73 Å². The van der Waals surface area contributed by atoms with Crippen LogP contribution in [-0.2, 0) is 4.79 Å². The molecule has 0 fully saturated rings. The highest BCUT2D eigenvalue weighted by Crippen LogP contribution is 2.24. The van der Waals surface area contributed by atoms with Gasteiger partial charge in [-0.05, 0) is 20.8 Å². The zero-order chi connectivity index (χ0) is 13.2. The fourth-order valence-electron chi connectivity index (χ4n) is 1.79. The van der Waals surface area contributed by atoms with Gasteiger partial charge in [-0.3, -0.25) is 14.8 Å². The maximum atomic E-state index is 11.4. The van der Waals surface area contributed by atoms with Crippen molar-refractivity contribution in [3.63, 3.8) is 0 Å². The Kier molecular flexibility index (Phi) is 3.72. The zero-order valence-corrected chi connectivity index (χ0v) is 10.0. The van der Waals surface area contributed by atoms with Crippen molar-refractivity contribution in [1.82, 2.24) is 10.2 Å². The maximum Gasteiger partial charge on any atom is 0.319 e. The number of aromatic nitrogens is 2. The van der Waals surface area contributed by atoms with E-state index >= 15 is 0 Å². The number of amides is 2. The van der Waals surface area contributed by atoms with Gasteiger partial charge in [0.05, 0.1) is 23.5 Å². The summed E-state index contributed by atoms with van der Waals surface area (Å²) in [5.41, 5.74) is 7.13. The molecular formula is C10H16N4O3. The summed E-state index contributed by atoms with van der Waals surface area (Å²) in [4.78, 5) is 23.4. The number of aliphatic carboxylic acids is 1. The first-order valence-corrected chi connectivity index (χ1v) is 5.16. The number of aromatic amines is 1. The SMILES string of the molecule is Cc1n[nH]c(C)c1N(C(N)=O)C(C)CC(=O)O. The molecule has 0 saturated heterocycles. The van der Waals surface area contributed by atoms with Crippen LogP contribution in [0.2, 0.25) is 0 Å². The van der Waals surface area contributed by atoms with Crippen molar-refractivity contribution in [3.05, 3.63) is 11.4 Å². The van der Waals surface area contributed by atoms with Crippen LogP contribution < -0.4 is 10.6 Å². The van der Waals surface area contributed by atoms with E-state index in [9.17, 15) is 9.59 Å². The van der Waals surface area contributed by atoms with Crippen molar-refractivity contribution in [2.75, 3.05) is 4.90 Å². The number of urea groups is 1. The fourth-order valence-corrected chi connectivity index (χ4v) is 1.79. The van der Waals surface area contributed by atoms with Gasteiger partial charge in [0.1, 0.15) is 0 Å². The number of carbonyl (C=O) groups is 2. The van der Waals surface area contributed by atoms with Crippen LogP contribution in [0.25, 0.3) is 0 Å². The molecule has 4 N–H and O–H groups in total. The number of rotatable bonds is 4. The predicted molar refractivity (Wildman–Crippen MR) is 61.8 cm³/mol. The number of anilines is 1. The van der Waals surface area contributed by atoms with Gasteiger partial charge in [-0.25, -0.2) is 4.79 Å². The first-order valence-electron chi connectivity index (χ1n) is 5.16. The Morgan fingerprint density at radius 3 is 2.47 bits per heavy atom. The summed E-state index contributed by atoms with van der Waals surface area (Å²) >= 11 is 0. The molecule has 17 heavy (non-hydrogen) atoms. The van der Waals surface area contributed by atoms with Crippen LogP contribution in [0.5, 0.6) is 0 Å². The lowest BCUT2D eigenvalue weighted by atomic mass is 10.1. The summed E-state index contributed by atoms with van der Waals surface area (Å²) in [5, 5.41) is 15.4. The molecule has 1 rings (SSSR count). The largest absolute Gasteiger partial charge is 0.481 e. The number of H-pyrrole nitrogens is 1. The predicted octanol–water partition coefficient (Wildman–Crippen LogP) is 0.775. The lowest BCUT2D eigenvalue weighted by molar-refractivity contribution is -0.137. The van der Waals surface area contributed by atoms with E-state index in [0.717, 1.165) is 0 Å². The van der Waals surface area contributed by atoms with Crippen LogP contribution in [-0.4, -0.2) is 33.3 Å². The van der Waals surface area contributed by atoms with Gasteiger partial charge in [0.25, 0.3) is 0 Å². The highest BCUT2D eigenvalue weighted by atomic mass is 16.4. The van der Waals surface area contributed by atoms with Gasteiger partial charge in [-0.2, -0.15) is 5.10 Å². The second-order valence-corrected chi connectivity index (χ2v) is 3.94. The second-order valence-electron chi connectivity index (χ2n) is 3.94. The molecule has 7 nitrogen and oxygen atoms in total. The molecule has 0 aliphatic heterocycles. The van der Waals surface area contributed by atoms with Gasteiger partial charge in [-0.15, -0.1) is 0 Å². The summed E-state index contributed by atoms with van der Waals surface area (Å²) in [6, 6.07) is -1.22. The second kappa shape index (κ2) is 4.86. The first-order chi connectivity index (χ1) is 7.84. The van der Waals surface area contributed by atoms with E-state index in [4.69, 9.17) is 10.8 Å². The Labute approximate surface area is 98.6 Å². The minimum Gasteiger partial charge on any atom is -0.481 e. The van der Waals surface area contributed by atoms with Gasteiger partial charge >= 0.3 is 12.0 Å². The van der Waals surface area contributed by atoms with Crippen LogP contribution in [0.15, 0.2) is 0 Å². The number of aryl methyl sites for hydroxylation is 2. The molecule has 1 aromatic rings. The third-order valence-electron chi connectivity index (χ3n) is 2.48. The van der Waals surface area contributed by atoms with E-state index in [-0.39, 0.29) is 6.42 Å². The Bertz CT molecular complexity index is 421. The number of nitrogens with zero attached hydrogens (tertiary/aromatic N) is 2. The van der Waals surface area contributed by atoms with E-state index in [0.29, 0.717) is 17.1 Å². The molecular weight excluding hydrogens is 224 g/mol. The summed E-state index contributed by atoms with van der Waals surface area (Å²) in [5.74, 6) is -0.984. The minimum atomic E-state index is -0.984. The quantitative estimate of drug-likeness (QED) is 0.721. The number of primary amides is 1. The summed E-state index contributed by atoms with van der Waals surface area (Å²) in [6.07, 6.45) is -0.174. The number of carboxylic acids is 1. The van der Waals surface area contributed by atoms with Crippen LogP contribution in [0.1, 0.15) is 24.7 Å². The highest BCUT2D eigenvalue weighted by molar-refractivity contribution is 5.93. The molecule has 94 valence electrons. The number of nitrogens with one attached hydrogen (secondary N) is 1. The number of nitrogens with two attached hydrogens (primary N) is 1. The van der Waals surface area contributed by atoms with E-state index in [1.807, 2.05) is 0 Å². The van der Waals surface area contributed by atoms with Crippen LogP contribution in [0, 0.1) is 13.8 Å². The molecule has 7 heteroatoms. The Morgan fingerprint density at radius 2 is 2.12 bits per heavy atom. The average molecular weight is 240 g/mol. The molecule has 0 aromatic carbocycles. The van der Waals surface area contributed by atoms with Crippen molar-refractivity contribution < 1.29 is 14.7 Å². The normalized spacial score (nSPS) is 12.2. The van der Waals surface area contributed by atoms with Gasteiger partial charge in [0.2, 0.25) is 0 Å².